The van der Waals surface area contributed by atoms with E-state index in [4.69, 9.17) is 4.74 Å². The second kappa shape index (κ2) is 15.7. The Labute approximate surface area is 308 Å². The van der Waals surface area contributed by atoms with E-state index in [1.165, 1.54) is 34.8 Å². The number of thiophene rings is 2. The number of aromatic nitrogens is 4. The number of aliphatic hydroxyl groups is 2. The highest BCUT2D eigenvalue weighted by Crippen LogP contribution is 2.38. The second-order valence-electron chi connectivity index (χ2n) is 13.4. The van der Waals surface area contributed by atoms with Gasteiger partial charge in [-0.3, -0.25) is 4.79 Å². The maximum atomic E-state index is 13.4. The summed E-state index contributed by atoms with van der Waals surface area (Å²) in [5, 5.41) is 49.0. The normalized spacial score (nSPS) is 17.2. The monoisotopic (exact) mass is 742 g/mol. The number of aromatic hydroxyl groups is 1. The standard InChI is InChI=1S/C38H42N6O6S2/c1-43(25-8-10-26(11-9-25)50-37(48)38(49,33-5-2-19-51-33)34-6-3-20-52-34)17-4-18-44-30-14-7-24(21-29(30)41-42-44)22-39-23-32(46)27-12-15-31(45)36-28(27)13-16-35(47)40-36/h2-3,5-7,12-16,19-21,25-26,32,39,45-46,49H,4,8-11,17-18,22-23H2,1H3,(H,40,47). The van der Waals surface area contributed by atoms with Crippen LogP contribution in [0.1, 0.15) is 59.1 Å². The first-order valence-corrected chi connectivity index (χ1v) is 19.2. The molecule has 1 aliphatic rings. The zero-order valence-electron chi connectivity index (χ0n) is 28.8. The predicted octanol–water partition coefficient (Wildman–Crippen LogP) is 5.04. The Morgan fingerprint density at radius 1 is 1.08 bits per heavy atom. The number of fused-ring (bicyclic) bond motifs is 2. The van der Waals surface area contributed by atoms with Gasteiger partial charge in [-0.2, -0.15) is 0 Å². The highest BCUT2D eigenvalue weighted by molar-refractivity contribution is 7.12. The van der Waals surface area contributed by atoms with Crippen molar-refractivity contribution in [1.29, 1.82) is 0 Å². The fraction of sp³-hybridized carbons (Fsp3) is 0.368. The Balaban J connectivity index is 0.861. The fourth-order valence-electron chi connectivity index (χ4n) is 7.09. The minimum Gasteiger partial charge on any atom is -0.506 e. The minimum absolute atomic E-state index is 0.0414. The first kappa shape index (κ1) is 35.9. The van der Waals surface area contributed by atoms with E-state index < -0.39 is 17.7 Å². The van der Waals surface area contributed by atoms with Crippen molar-refractivity contribution in [2.45, 2.75) is 69.0 Å². The van der Waals surface area contributed by atoms with Gasteiger partial charge in [-0.25, -0.2) is 9.48 Å². The molecule has 5 N–H and O–H groups in total. The summed E-state index contributed by atoms with van der Waals surface area (Å²) in [7, 11) is 2.14. The molecule has 1 fully saturated rings. The van der Waals surface area contributed by atoms with Crippen molar-refractivity contribution in [2.75, 3.05) is 20.1 Å². The predicted molar refractivity (Wildman–Crippen MR) is 201 cm³/mol. The first-order valence-electron chi connectivity index (χ1n) is 17.5. The topological polar surface area (TPSA) is 166 Å². The number of nitrogens with zero attached hydrogens (tertiary/aromatic N) is 4. The van der Waals surface area contributed by atoms with Gasteiger partial charge in [0, 0.05) is 37.1 Å². The van der Waals surface area contributed by atoms with E-state index in [2.05, 4.69) is 32.6 Å². The molecule has 0 amide bonds. The van der Waals surface area contributed by atoms with Gasteiger partial charge in [-0.1, -0.05) is 29.5 Å². The molecule has 1 saturated carbocycles. The molecule has 4 heterocycles. The average Bonchev–Trinajstić information content (AvgIpc) is 3.96. The van der Waals surface area contributed by atoms with Crippen LogP contribution in [0.5, 0.6) is 5.75 Å². The largest absolute Gasteiger partial charge is 0.506 e. The Kier molecular flexibility index (Phi) is 10.8. The zero-order chi connectivity index (χ0) is 36.2. The van der Waals surface area contributed by atoms with Crippen LogP contribution in [0.2, 0.25) is 0 Å². The molecule has 2 aromatic carbocycles. The van der Waals surface area contributed by atoms with Crippen molar-refractivity contribution >= 4 is 50.6 Å². The van der Waals surface area contributed by atoms with Crippen LogP contribution < -0.4 is 10.9 Å². The maximum Gasteiger partial charge on any atom is 0.349 e. The number of hydrogen-bond acceptors (Lipinski definition) is 12. The number of ether oxygens (including phenoxy) is 1. The van der Waals surface area contributed by atoms with Crippen molar-refractivity contribution < 1.29 is 24.9 Å². The average molecular weight is 743 g/mol. The lowest BCUT2D eigenvalue weighted by molar-refractivity contribution is -0.169. The Bertz CT molecular complexity index is 2140. The number of aryl methyl sites for hydroxylation is 1. The summed E-state index contributed by atoms with van der Waals surface area (Å²) in [5.74, 6) is -0.642. The summed E-state index contributed by atoms with van der Waals surface area (Å²) < 4.78 is 7.87. The van der Waals surface area contributed by atoms with Crippen LogP contribution in [0.4, 0.5) is 0 Å². The quantitative estimate of drug-likeness (QED) is 0.0956. The number of pyridine rings is 1. The number of hydrogen-bond donors (Lipinski definition) is 5. The molecule has 0 radical (unpaired) electrons. The van der Waals surface area contributed by atoms with Gasteiger partial charge in [-0.15, -0.1) is 27.8 Å². The molecule has 7 rings (SSSR count). The van der Waals surface area contributed by atoms with Gasteiger partial charge in [0.25, 0.3) is 0 Å². The fourth-order valence-corrected chi connectivity index (χ4v) is 8.80. The molecule has 0 spiro atoms. The number of carbonyl (C=O) groups is 1. The molecule has 272 valence electrons. The van der Waals surface area contributed by atoms with Crippen LogP contribution in [0.25, 0.3) is 21.9 Å². The van der Waals surface area contributed by atoms with Gasteiger partial charge in [0.2, 0.25) is 11.2 Å². The maximum absolute atomic E-state index is 13.4. The van der Waals surface area contributed by atoms with Gasteiger partial charge >= 0.3 is 5.97 Å². The molecule has 14 heteroatoms. The molecule has 0 aliphatic heterocycles. The van der Waals surface area contributed by atoms with E-state index in [1.807, 2.05) is 45.8 Å². The summed E-state index contributed by atoms with van der Waals surface area (Å²) in [6, 6.07) is 19.8. The van der Waals surface area contributed by atoms with Crippen LogP contribution >= 0.6 is 22.7 Å². The van der Waals surface area contributed by atoms with Crippen molar-refractivity contribution in [2.24, 2.45) is 0 Å². The van der Waals surface area contributed by atoms with E-state index in [1.54, 1.807) is 24.3 Å². The van der Waals surface area contributed by atoms with E-state index >= 15 is 0 Å². The number of aromatic amines is 1. The highest BCUT2D eigenvalue weighted by Gasteiger charge is 2.45. The Morgan fingerprint density at radius 2 is 1.83 bits per heavy atom. The summed E-state index contributed by atoms with van der Waals surface area (Å²) in [6.07, 6.45) is 3.18. The van der Waals surface area contributed by atoms with Crippen molar-refractivity contribution in [1.82, 2.24) is 30.2 Å². The molecule has 12 nitrogen and oxygen atoms in total. The third-order valence-corrected chi connectivity index (χ3v) is 11.9. The number of H-pyrrole nitrogens is 1. The van der Waals surface area contributed by atoms with Crippen LogP contribution in [-0.2, 0) is 28.2 Å². The third kappa shape index (κ3) is 7.54. The molecule has 0 bridgehead atoms. The number of rotatable bonds is 14. The molecular weight excluding hydrogens is 701 g/mol. The molecule has 1 unspecified atom stereocenters. The third-order valence-electron chi connectivity index (χ3n) is 9.98. The molecule has 4 aromatic heterocycles. The second-order valence-corrected chi connectivity index (χ2v) is 15.3. The van der Waals surface area contributed by atoms with Crippen molar-refractivity contribution in [3.63, 3.8) is 0 Å². The summed E-state index contributed by atoms with van der Waals surface area (Å²) in [5.41, 5.74) is 1.60. The van der Waals surface area contributed by atoms with E-state index in [9.17, 15) is 24.9 Å². The van der Waals surface area contributed by atoms with Crippen LogP contribution in [0.15, 0.2) is 82.3 Å². The van der Waals surface area contributed by atoms with Crippen LogP contribution in [0, 0.1) is 0 Å². The van der Waals surface area contributed by atoms with E-state index in [0.29, 0.717) is 38.8 Å². The minimum atomic E-state index is -1.78. The highest BCUT2D eigenvalue weighted by atomic mass is 32.1. The number of nitrogens with one attached hydrogen (secondary N) is 2. The molecule has 0 saturated heterocycles. The number of aliphatic hydroxyl groups excluding tert-OH is 1. The number of carbonyl (C=O) groups excluding carboxylic acids is 1. The first-order chi connectivity index (χ1) is 25.2. The molecule has 1 atom stereocenters. The van der Waals surface area contributed by atoms with E-state index in [-0.39, 0.29) is 24.0 Å². The van der Waals surface area contributed by atoms with Gasteiger partial charge < -0.3 is 35.3 Å². The van der Waals surface area contributed by atoms with Crippen LogP contribution in [0.3, 0.4) is 0 Å². The molecule has 1 aliphatic carbocycles. The lowest BCUT2D eigenvalue weighted by Crippen LogP contribution is -2.42. The Hall–Kier alpha value is -4.44. The molecule has 52 heavy (non-hydrogen) atoms. The smallest absolute Gasteiger partial charge is 0.349 e. The number of benzene rings is 2. The summed E-state index contributed by atoms with van der Waals surface area (Å²) in [4.78, 5) is 31.2. The number of phenolic OH excluding ortho intramolecular Hbond substituents is 1. The number of esters is 1. The van der Waals surface area contributed by atoms with Crippen LogP contribution in [-0.4, -0.2) is 78.4 Å². The molecular formula is C38H42N6O6S2. The molecule has 6 aromatic rings. The Morgan fingerprint density at radius 3 is 2.54 bits per heavy atom. The zero-order valence-corrected chi connectivity index (χ0v) is 30.4. The van der Waals surface area contributed by atoms with E-state index in [0.717, 1.165) is 61.8 Å². The van der Waals surface area contributed by atoms with Crippen molar-refractivity contribution in [3.8, 4) is 5.75 Å². The summed E-state index contributed by atoms with van der Waals surface area (Å²) >= 11 is 2.70. The SMILES string of the molecule is CN(CCCn1nnc2cc(CNCC(O)c3ccc(O)c4[nH]c(=O)ccc34)ccc21)C1CCC(OC(=O)C(O)(c2cccs2)c2cccs2)CC1. The summed E-state index contributed by atoms with van der Waals surface area (Å²) in [6.45, 7) is 2.42. The number of phenols is 1. The lowest BCUT2D eigenvalue weighted by Gasteiger charge is -2.35. The lowest BCUT2D eigenvalue weighted by atomic mass is 9.91. The van der Waals surface area contributed by atoms with Gasteiger partial charge in [0.05, 0.1) is 26.9 Å². The van der Waals surface area contributed by atoms with Gasteiger partial charge in [0.1, 0.15) is 17.4 Å². The van der Waals surface area contributed by atoms with Gasteiger partial charge in [-0.05, 0) is 104 Å². The van der Waals surface area contributed by atoms with Crippen molar-refractivity contribution in [3.05, 3.63) is 109 Å². The van der Waals surface area contributed by atoms with Gasteiger partial charge in [0.15, 0.2) is 0 Å².